The number of benzene rings is 1. The van der Waals surface area contributed by atoms with Crippen molar-refractivity contribution in [3.8, 4) is 5.69 Å². The van der Waals surface area contributed by atoms with Crippen LogP contribution in [0.5, 0.6) is 0 Å². The van der Waals surface area contributed by atoms with Crippen molar-refractivity contribution in [2.45, 2.75) is 13.3 Å². The summed E-state index contributed by atoms with van der Waals surface area (Å²) in [5.41, 5.74) is 2.65. The predicted octanol–water partition coefficient (Wildman–Crippen LogP) is 2.24. The van der Waals surface area contributed by atoms with E-state index in [9.17, 15) is 4.79 Å². The molecule has 3 rings (SSSR count). The van der Waals surface area contributed by atoms with Crippen molar-refractivity contribution >= 4 is 21.8 Å². The van der Waals surface area contributed by atoms with Gasteiger partial charge in [-0.15, -0.1) is 0 Å². The second-order valence-corrected chi connectivity index (χ2v) is 6.20. The summed E-state index contributed by atoms with van der Waals surface area (Å²) in [5, 5.41) is 7.71. The number of carbonyl (C=O) groups excluding carboxylic acids is 1. The van der Waals surface area contributed by atoms with Crippen molar-refractivity contribution in [3.05, 3.63) is 46.2 Å². The lowest BCUT2D eigenvalue weighted by Gasteiger charge is -2.27. The lowest BCUT2D eigenvalue weighted by molar-refractivity contribution is 0.0734. The summed E-state index contributed by atoms with van der Waals surface area (Å²) in [7, 11) is 0. The van der Waals surface area contributed by atoms with Crippen molar-refractivity contribution in [2.24, 2.45) is 0 Å². The summed E-state index contributed by atoms with van der Waals surface area (Å²) >= 11 is 3.44. The fourth-order valence-corrected chi connectivity index (χ4v) is 3.00. The summed E-state index contributed by atoms with van der Waals surface area (Å²) in [6.07, 6.45) is 2.47. The van der Waals surface area contributed by atoms with Crippen LogP contribution < -0.4 is 5.32 Å². The van der Waals surface area contributed by atoms with Crippen LogP contribution in [-0.4, -0.2) is 46.8 Å². The number of nitrogens with zero attached hydrogens (tertiary/aromatic N) is 3. The first-order valence-electron chi connectivity index (χ1n) is 7.53. The van der Waals surface area contributed by atoms with Crippen molar-refractivity contribution in [1.29, 1.82) is 0 Å². The van der Waals surface area contributed by atoms with E-state index >= 15 is 0 Å². The highest BCUT2D eigenvalue weighted by molar-refractivity contribution is 9.10. The van der Waals surface area contributed by atoms with E-state index in [1.165, 1.54) is 0 Å². The summed E-state index contributed by atoms with van der Waals surface area (Å²) < 4.78 is 2.89. The SMILES string of the molecule is CCc1c(C(=O)N2CCNCC2)cnn1-c1ccc(Br)cc1. The first-order valence-corrected chi connectivity index (χ1v) is 8.33. The van der Waals surface area contributed by atoms with Gasteiger partial charge in [-0.2, -0.15) is 5.10 Å². The monoisotopic (exact) mass is 362 g/mol. The maximum absolute atomic E-state index is 12.7. The molecule has 0 saturated carbocycles. The van der Waals surface area contributed by atoms with E-state index < -0.39 is 0 Å². The van der Waals surface area contributed by atoms with E-state index in [1.807, 2.05) is 33.8 Å². The molecule has 1 saturated heterocycles. The zero-order valence-corrected chi connectivity index (χ0v) is 14.1. The van der Waals surface area contributed by atoms with Crippen LogP contribution in [0.15, 0.2) is 34.9 Å². The number of nitrogens with one attached hydrogen (secondary N) is 1. The molecular weight excluding hydrogens is 344 g/mol. The smallest absolute Gasteiger partial charge is 0.257 e. The minimum atomic E-state index is 0.0849. The fraction of sp³-hybridized carbons (Fsp3) is 0.375. The third kappa shape index (κ3) is 2.94. The molecular formula is C16H19BrN4O. The Bertz CT molecular complexity index is 659. The summed E-state index contributed by atoms with van der Waals surface area (Å²) in [5.74, 6) is 0.0849. The Kier molecular flexibility index (Phi) is 4.59. The van der Waals surface area contributed by atoms with E-state index in [0.29, 0.717) is 5.56 Å². The molecule has 1 N–H and O–H groups in total. The van der Waals surface area contributed by atoms with Crippen LogP contribution in [-0.2, 0) is 6.42 Å². The molecule has 2 heterocycles. The van der Waals surface area contributed by atoms with Gasteiger partial charge >= 0.3 is 0 Å². The molecule has 116 valence electrons. The molecule has 1 amide bonds. The van der Waals surface area contributed by atoms with Crippen molar-refractivity contribution < 1.29 is 4.79 Å². The molecule has 0 unspecified atom stereocenters. The summed E-state index contributed by atoms with van der Waals surface area (Å²) in [4.78, 5) is 14.6. The molecule has 0 radical (unpaired) electrons. The van der Waals surface area contributed by atoms with Crippen LogP contribution in [0.1, 0.15) is 23.0 Å². The molecule has 0 aliphatic carbocycles. The number of halogens is 1. The molecule has 1 fully saturated rings. The van der Waals surface area contributed by atoms with Gasteiger partial charge in [0.25, 0.3) is 5.91 Å². The van der Waals surface area contributed by atoms with Gasteiger partial charge in [-0.05, 0) is 30.7 Å². The Morgan fingerprint density at radius 1 is 1.27 bits per heavy atom. The molecule has 6 heteroatoms. The van der Waals surface area contributed by atoms with Gasteiger partial charge in [0.15, 0.2) is 0 Å². The second kappa shape index (κ2) is 6.62. The van der Waals surface area contributed by atoms with Crippen LogP contribution in [0, 0.1) is 0 Å². The maximum Gasteiger partial charge on any atom is 0.257 e. The zero-order chi connectivity index (χ0) is 15.5. The van der Waals surface area contributed by atoms with Gasteiger partial charge in [0.05, 0.1) is 23.1 Å². The average Bonchev–Trinajstić information content (AvgIpc) is 2.99. The quantitative estimate of drug-likeness (QED) is 0.910. The minimum Gasteiger partial charge on any atom is -0.336 e. The standard InChI is InChI=1S/C16H19BrN4O/c1-2-15-14(16(22)20-9-7-18-8-10-20)11-19-21(15)13-5-3-12(17)4-6-13/h3-6,11,18H,2,7-10H2,1H3. The number of amides is 1. The summed E-state index contributed by atoms with van der Waals surface area (Å²) in [6, 6.07) is 7.95. The van der Waals surface area contributed by atoms with Gasteiger partial charge < -0.3 is 10.2 Å². The zero-order valence-electron chi connectivity index (χ0n) is 12.6. The number of rotatable bonds is 3. The molecule has 0 atom stereocenters. The van der Waals surface area contributed by atoms with Crippen molar-refractivity contribution in [2.75, 3.05) is 26.2 Å². The Labute approximate surface area is 138 Å². The molecule has 1 aromatic heterocycles. The highest BCUT2D eigenvalue weighted by Crippen LogP contribution is 2.19. The van der Waals surface area contributed by atoms with Crippen LogP contribution in [0.4, 0.5) is 0 Å². The van der Waals surface area contributed by atoms with Gasteiger partial charge in [0.2, 0.25) is 0 Å². The molecule has 1 aliphatic rings. The molecule has 5 nitrogen and oxygen atoms in total. The van der Waals surface area contributed by atoms with Gasteiger partial charge in [-0.3, -0.25) is 4.79 Å². The number of hydrogen-bond acceptors (Lipinski definition) is 3. The maximum atomic E-state index is 12.7. The van der Waals surface area contributed by atoms with Crippen molar-refractivity contribution in [1.82, 2.24) is 20.0 Å². The van der Waals surface area contributed by atoms with Crippen molar-refractivity contribution in [3.63, 3.8) is 0 Å². The second-order valence-electron chi connectivity index (χ2n) is 5.29. The van der Waals surface area contributed by atoms with Gasteiger partial charge in [-0.1, -0.05) is 22.9 Å². The Balaban J connectivity index is 1.93. The van der Waals surface area contributed by atoms with Crippen LogP contribution in [0.3, 0.4) is 0 Å². The number of piperazine rings is 1. The largest absolute Gasteiger partial charge is 0.336 e. The van der Waals surface area contributed by atoms with Gasteiger partial charge in [0.1, 0.15) is 0 Å². The third-order valence-electron chi connectivity index (χ3n) is 3.91. The number of aromatic nitrogens is 2. The lowest BCUT2D eigenvalue weighted by atomic mass is 10.1. The molecule has 0 spiro atoms. The van der Waals surface area contributed by atoms with Crippen LogP contribution in [0.25, 0.3) is 5.69 Å². The van der Waals surface area contributed by atoms with Gasteiger partial charge in [0, 0.05) is 30.7 Å². The van der Waals surface area contributed by atoms with E-state index in [2.05, 4.69) is 33.3 Å². The highest BCUT2D eigenvalue weighted by Gasteiger charge is 2.23. The molecule has 0 bridgehead atoms. The Morgan fingerprint density at radius 2 is 1.95 bits per heavy atom. The lowest BCUT2D eigenvalue weighted by Crippen LogP contribution is -2.46. The van der Waals surface area contributed by atoms with Gasteiger partial charge in [-0.25, -0.2) is 4.68 Å². The van der Waals surface area contributed by atoms with E-state index in [1.54, 1.807) is 6.20 Å². The minimum absolute atomic E-state index is 0.0849. The number of hydrogen-bond donors (Lipinski definition) is 1. The Morgan fingerprint density at radius 3 is 2.59 bits per heavy atom. The third-order valence-corrected chi connectivity index (χ3v) is 4.44. The van der Waals surface area contributed by atoms with Crippen LogP contribution in [0.2, 0.25) is 0 Å². The van der Waals surface area contributed by atoms with E-state index in [-0.39, 0.29) is 5.91 Å². The predicted molar refractivity (Wildman–Crippen MR) is 89.4 cm³/mol. The van der Waals surface area contributed by atoms with E-state index in [4.69, 9.17) is 0 Å². The first kappa shape index (κ1) is 15.2. The normalized spacial score (nSPS) is 15.1. The average molecular weight is 363 g/mol. The first-order chi connectivity index (χ1) is 10.7. The number of carbonyl (C=O) groups is 1. The molecule has 1 aromatic carbocycles. The van der Waals surface area contributed by atoms with E-state index in [0.717, 1.165) is 48.5 Å². The fourth-order valence-electron chi connectivity index (χ4n) is 2.74. The molecule has 2 aromatic rings. The molecule has 22 heavy (non-hydrogen) atoms. The van der Waals surface area contributed by atoms with Crippen LogP contribution >= 0.6 is 15.9 Å². The topological polar surface area (TPSA) is 50.2 Å². The molecule has 1 aliphatic heterocycles. The highest BCUT2D eigenvalue weighted by atomic mass is 79.9. The Hall–Kier alpha value is -1.66. The summed E-state index contributed by atoms with van der Waals surface area (Å²) in [6.45, 7) is 5.28.